The molecule has 0 atom stereocenters. The van der Waals surface area contributed by atoms with Crippen molar-refractivity contribution in [2.24, 2.45) is 5.73 Å². The van der Waals surface area contributed by atoms with E-state index in [1.54, 1.807) is 6.26 Å². The maximum atomic E-state index is 6.49. The van der Waals surface area contributed by atoms with Gasteiger partial charge in [-0.15, -0.1) is 24.8 Å². The van der Waals surface area contributed by atoms with Crippen LogP contribution < -0.4 is 16.0 Å². The van der Waals surface area contributed by atoms with Gasteiger partial charge in [-0.25, -0.2) is 9.97 Å². The molecule has 3 heterocycles. The molecule has 0 spiro atoms. The number of nitrogens with two attached hydrogens (primary N) is 1. The summed E-state index contributed by atoms with van der Waals surface area (Å²) in [6.07, 6.45) is 1.62. The minimum absolute atomic E-state index is 0. The molecular formula is C17H20Cl3N5O. The number of nitrogens with one attached hydrogen (secondary N) is 1. The van der Waals surface area contributed by atoms with Gasteiger partial charge in [-0.05, 0) is 18.2 Å². The lowest BCUT2D eigenvalue weighted by molar-refractivity contribution is 0.498. The summed E-state index contributed by atoms with van der Waals surface area (Å²) in [5, 5.41) is 4.99. The van der Waals surface area contributed by atoms with Crippen LogP contribution in [0.1, 0.15) is 5.89 Å². The highest BCUT2D eigenvalue weighted by Crippen LogP contribution is 2.30. The average Bonchev–Trinajstić information content (AvgIpc) is 3.10. The molecule has 4 rings (SSSR count). The van der Waals surface area contributed by atoms with Crippen LogP contribution >= 0.6 is 36.4 Å². The van der Waals surface area contributed by atoms with E-state index >= 15 is 0 Å². The van der Waals surface area contributed by atoms with Gasteiger partial charge in [0.05, 0.1) is 17.1 Å². The number of anilines is 1. The van der Waals surface area contributed by atoms with Crippen LogP contribution in [-0.2, 0) is 6.54 Å². The molecule has 26 heavy (non-hydrogen) atoms. The predicted molar refractivity (Wildman–Crippen MR) is 110 cm³/mol. The van der Waals surface area contributed by atoms with Crippen molar-refractivity contribution in [1.82, 2.24) is 15.3 Å². The summed E-state index contributed by atoms with van der Waals surface area (Å²) in [6, 6.07) is 7.97. The quantitative estimate of drug-likeness (QED) is 0.682. The van der Waals surface area contributed by atoms with Crippen LogP contribution in [0.25, 0.3) is 22.2 Å². The second-order valence-electron chi connectivity index (χ2n) is 5.77. The van der Waals surface area contributed by atoms with Gasteiger partial charge in [0, 0.05) is 37.1 Å². The summed E-state index contributed by atoms with van der Waals surface area (Å²) in [5.74, 6) is 1.38. The van der Waals surface area contributed by atoms with Crippen LogP contribution in [-0.4, -0.2) is 36.1 Å². The first-order chi connectivity index (χ1) is 11.7. The number of aromatic nitrogens is 2. The van der Waals surface area contributed by atoms with Crippen LogP contribution in [0.2, 0.25) is 5.02 Å². The highest BCUT2D eigenvalue weighted by molar-refractivity contribution is 6.33. The molecule has 3 N–H and O–H groups in total. The number of hydrogen-bond acceptors (Lipinski definition) is 6. The summed E-state index contributed by atoms with van der Waals surface area (Å²) >= 11 is 6.49. The van der Waals surface area contributed by atoms with E-state index in [4.69, 9.17) is 26.7 Å². The molecule has 0 unspecified atom stereocenters. The van der Waals surface area contributed by atoms with Crippen LogP contribution in [0, 0.1) is 0 Å². The highest BCUT2D eigenvalue weighted by Gasteiger charge is 2.16. The number of fused-ring (bicyclic) bond motifs is 1. The van der Waals surface area contributed by atoms with Crippen LogP contribution in [0.4, 0.5) is 5.82 Å². The van der Waals surface area contributed by atoms with Crippen molar-refractivity contribution in [2.75, 3.05) is 31.1 Å². The van der Waals surface area contributed by atoms with E-state index in [1.807, 2.05) is 24.3 Å². The van der Waals surface area contributed by atoms with Gasteiger partial charge in [0.1, 0.15) is 17.8 Å². The molecule has 0 radical (unpaired) electrons. The molecule has 0 saturated carbocycles. The Morgan fingerprint density at radius 1 is 1.15 bits per heavy atom. The fourth-order valence-electron chi connectivity index (χ4n) is 2.94. The average molecular weight is 417 g/mol. The molecule has 2 aromatic heterocycles. The number of nitrogens with zero attached hydrogens (tertiary/aromatic N) is 3. The maximum Gasteiger partial charge on any atom is 0.208 e. The van der Waals surface area contributed by atoms with Gasteiger partial charge in [-0.2, -0.15) is 0 Å². The van der Waals surface area contributed by atoms with Crippen molar-refractivity contribution < 1.29 is 4.42 Å². The number of rotatable bonds is 3. The third-order valence-corrected chi connectivity index (χ3v) is 4.47. The first kappa shape index (κ1) is 20.7. The number of halogens is 3. The molecule has 0 aliphatic carbocycles. The van der Waals surface area contributed by atoms with Crippen molar-refractivity contribution in [3.05, 3.63) is 41.4 Å². The number of benzene rings is 1. The predicted octanol–water partition coefficient (Wildman–Crippen LogP) is 3.26. The van der Waals surface area contributed by atoms with Crippen LogP contribution in [0.5, 0.6) is 0 Å². The molecule has 1 aliphatic rings. The summed E-state index contributed by atoms with van der Waals surface area (Å²) in [7, 11) is 0. The second kappa shape index (κ2) is 8.88. The van der Waals surface area contributed by atoms with E-state index in [9.17, 15) is 0 Å². The Kier molecular flexibility index (Phi) is 7.08. The van der Waals surface area contributed by atoms with E-state index in [0.717, 1.165) is 54.2 Å². The lowest BCUT2D eigenvalue weighted by Gasteiger charge is -2.29. The number of pyridine rings is 1. The third kappa shape index (κ3) is 4.05. The largest absolute Gasteiger partial charge is 0.447 e. The minimum Gasteiger partial charge on any atom is -0.447 e. The lowest BCUT2D eigenvalue weighted by Crippen LogP contribution is -2.44. The summed E-state index contributed by atoms with van der Waals surface area (Å²) < 4.78 is 5.31. The van der Waals surface area contributed by atoms with Crippen LogP contribution in [0.15, 0.2) is 34.9 Å². The van der Waals surface area contributed by atoms with E-state index < -0.39 is 0 Å². The molecular weight excluding hydrogens is 397 g/mol. The summed E-state index contributed by atoms with van der Waals surface area (Å²) in [5.41, 5.74) is 8.18. The normalized spacial score (nSPS) is 14.0. The fraction of sp³-hybridized carbons (Fsp3) is 0.294. The zero-order chi connectivity index (χ0) is 16.5. The zero-order valence-electron chi connectivity index (χ0n) is 13.9. The molecule has 1 aliphatic heterocycles. The van der Waals surface area contributed by atoms with E-state index in [1.165, 1.54) is 0 Å². The Morgan fingerprint density at radius 3 is 2.62 bits per heavy atom. The third-order valence-electron chi connectivity index (χ3n) is 4.19. The SMILES string of the molecule is Cl.Cl.NCc1nc(-c2ccc3nc(N4CCNCC4)c(Cl)cc3c2)co1. The van der Waals surface area contributed by atoms with Crippen molar-refractivity contribution >= 4 is 53.1 Å². The number of hydrogen-bond donors (Lipinski definition) is 2. The van der Waals surface area contributed by atoms with Crippen molar-refractivity contribution in [3.63, 3.8) is 0 Å². The van der Waals surface area contributed by atoms with Gasteiger partial charge in [0.15, 0.2) is 0 Å². The Bertz CT molecular complexity index is 880. The van der Waals surface area contributed by atoms with Gasteiger partial charge >= 0.3 is 0 Å². The molecule has 9 heteroatoms. The van der Waals surface area contributed by atoms with Gasteiger partial charge in [0.25, 0.3) is 0 Å². The van der Waals surface area contributed by atoms with E-state index in [0.29, 0.717) is 10.9 Å². The summed E-state index contributed by atoms with van der Waals surface area (Å²) in [4.78, 5) is 11.3. The summed E-state index contributed by atoms with van der Waals surface area (Å²) in [6.45, 7) is 4.01. The molecule has 0 bridgehead atoms. The monoisotopic (exact) mass is 415 g/mol. The molecule has 3 aromatic rings. The fourth-order valence-corrected chi connectivity index (χ4v) is 3.21. The van der Waals surface area contributed by atoms with Gasteiger partial charge < -0.3 is 20.4 Å². The second-order valence-corrected chi connectivity index (χ2v) is 6.18. The standard InChI is InChI=1S/C17H18ClN5O.2ClH/c18-13-8-12-7-11(15-10-24-16(9-19)21-15)1-2-14(12)22-17(13)23-5-3-20-4-6-23;;/h1-2,7-8,10,20H,3-6,9,19H2;2*1H. The number of oxazole rings is 1. The molecule has 1 fully saturated rings. The van der Waals surface area contributed by atoms with Crippen LogP contribution in [0.3, 0.4) is 0 Å². The Hall–Kier alpha value is -1.57. The van der Waals surface area contributed by atoms with E-state index in [-0.39, 0.29) is 31.4 Å². The molecule has 140 valence electrons. The molecule has 1 aromatic carbocycles. The Morgan fingerprint density at radius 2 is 1.92 bits per heavy atom. The Labute approximate surface area is 168 Å². The molecule has 0 amide bonds. The lowest BCUT2D eigenvalue weighted by atomic mass is 10.1. The van der Waals surface area contributed by atoms with E-state index in [2.05, 4.69) is 15.2 Å². The Balaban J connectivity index is 0.00000121. The highest BCUT2D eigenvalue weighted by atomic mass is 35.5. The zero-order valence-corrected chi connectivity index (χ0v) is 16.3. The molecule has 1 saturated heterocycles. The van der Waals surface area contributed by atoms with Gasteiger partial charge in [0.2, 0.25) is 5.89 Å². The molecule has 6 nitrogen and oxygen atoms in total. The smallest absolute Gasteiger partial charge is 0.208 e. The topological polar surface area (TPSA) is 80.2 Å². The van der Waals surface area contributed by atoms with Crippen molar-refractivity contribution in [1.29, 1.82) is 0 Å². The van der Waals surface area contributed by atoms with Crippen molar-refractivity contribution in [3.8, 4) is 11.3 Å². The number of piperazine rings is 1. The van der Waals surface area contributed by atoms with Crippen molar-refractivity contribution in [2.45, 2.75) is 6.54 Å². The van der Waals surface area contributed by atoms with Gasteiger partial charge in [-0.1, -0.05) is 17.7 Å². The maximum absolute atomic E-state index is 6.49. The van der Waals surface area contributed by atoms with Gasteiger partial charge in [-0.3, -0.25) is 0 Å². The first-order valence-electron chi connectivity index (χ1n) is 7.95. The minimum atomic E-state index is 0. The first-order valence-corrected chi connectivity index (χ1v) is 8.33.